The molecule has 0 spiro atoms. The Hall–Kier alpha value is -1.38. The summed E-state index contributed by atoms with van der Waals surface area (Å²) >= 11 is 0. The molecule has 3 nitrogen and oxygen atoms in total. The number of aromatic nitrogens is 1. The van der Waals surface area contributed by atoms with E-state index in [9.17, 15) is 4.79 Å². The number of hydrogen-bond acceptors (Lipinski definition) is 3. The molecule has 0 saturated carbocycles. The number of nitrogens with zero attached hydrogens (tertiary/aromatic N) is 1. The molecule has 88 valence electrons. The van der Waals surface area contributed by atoms with E-state index >= 15 is 0 Å². The first-order valence-electron chi connectivity index (χ1n) is 5.72. The van der Waals surface area contributed by atoms with Gasteiger partial charge in [-0.1, -0.05) is 20.3 Å². The summed E-state index contributed by atoms with van der Waals surface area (Å²) in [6.45, 7) is 6.92. The lowest BCUT2D eigenvalue weighted by atomic mass is 10.1. The highest BCUT2D eigenvalue weighted by Crippen LogP contribution is 2.16. The number of pyridine rings is 1. The first-order valence-corrected chi connectivity index (χ1v) is 5.72. The lowest BCUT2D eigenvalue weighted by Gasteiger charge is -2.12. The van der Waals surface area contributed by atoms with E-state index in [1.807, 2.05) is 6.92 Å². The SMILES string of the molecule is CCCC(C)COc1ncc(C=O)cc1C. The Bertz CT molecular complexity index is 350. The molecule has 0 amide bonds. The van der Waals surface area contributed by atoms with Gasteiger partial charge in [0, 0.05) is 17.3 Å². The number of carbonyl (C=O) groups is 1. The predicted molar refractivity (Wildman–Crippen MR) is 63.9 cm³/mol. The van der Waals surface area contributed by atoms with Crippen LogP contribution < -0.4 is 4.74 Å². The van der Waals surface area contributed by atoms with Gasteiger partial charge < -0.3 is 4.74 Å². The van der Waals surface area contributed by atoms with Crippen LogP contribution in [-0.2, 0) is 0 Å². The number of ether oxygens (including phenoxy) is 1. The summed E-state index contributed by atoms with van der Waals surface area (Å²) in [4.78, 5) is 14.7. The van der Waals surface area contributed by atoms with Gasteiger partial charge in [-0.3, -0.25) is 4.79 Å². The molecule has 1 heterocycles. The fourth-order valence-electron chi connectivity index (χ4n) is 1.60. The van der Waals surface area contributed by atoms with Gasteiger partial charge in [-0.25, -0.2) is 4.98 Å². The third kappa shape index (κ3) is 3.65. The number of hydrogen-bond donors (Lipinski definition) is 0. The molecular weight excluding hydrogens is 202 g/mol. The van der Waals surface area contributed by atoms with E-state index in [4.69, 9.17) is 4.74 Å². The van der Waals surface area contributed by atoms with Crippen LogP contribution >= 0.6 is 0 Å². The largest absolute Gasteiger partial charge is 0.477 e. The van der Waals surface area contributed by atoms with Crippen LogP contribution in [0, 0.1) is 12.8 Å². The zero-order valence-electron chi connectivity index (χ0n) is 10.2. The Morgan fingerprint density at radius 1 is 1.56 bits per heavy atom. The molecule has 0 radical (unpaired) electrons. The molecule has 0 aliphatic heterocycles. The fraction of sp³-hybridized carbons (Fsp3) is 0.538. The average Bonchev–Trinajstić information content (AvgIpc) is 2.27. The molecule has 1 unspecified atom stereocenters. The number of rotatable bonds is 6. The Morgan fingerprint density at radius 2 is 2.31 bits per heavy atom. The van der Waals surface area contributed by atoms with Gasteiger partial charge in [-0.05, 0) is 25.3 Å². The van der Waals surface area contributed by atoms with Crippen LogP contribution in [0.25, 0.3) is 0 Å². The van der Waals surface area contributed by atoms with E-state index in [0.717, 1.165) is 18.3 Å². The van der Waals surface area contributed by atoms with Gasteiger partial charge >= 0.3 is 0 Å². The van der Waals surface area contributed by atoms with Gasteiger partial charge in [-0.2, -0.15) is 0 Å². The monoisotopic (exact) mass is 221 g/mol. The molecule has 0 bridgehead atoms. The smallest absolute Gasteiger partial charge is 0.216 e. The van der Waals surface area contributed by atoms with Gasteiger partial charge in [0.15, 0.2) is 6.29 Å². The maximum atomic E-state index is 10.5. The second-order valence-corrected chi connectivity index (χ2v) is 4.21. The Balaban J connectivity index is 2.57. The standard InChI is InChI=1S/C13H19NO2/c1-4-5-10(2)9-16-13-11(3)6-12(8-15)7-14-13/h6-8,10H,4-5,9H2,1-3H3. The Morgan fingerprint density at radius 3 is 2.88 bits per heavy atom. The molecule has 0 aliphatic rings. The maximum absolute atomic E-state index is 10.5. The van der Waals surface area contributed by atoms with Crippen molar-refractivity contribution in [3.8, 4) is 5.88 Å². The number of carbonyl (C=O) groups excluding carboxylic acids is 1. The molecule has 1 rings (SSSR count). The molecular formula is C13H19NO2. The van der Waals surface area contributed by atoms with Crippen molar-refractivity contribution >= 4 is 6.29 Å². The minimum atomic E-state index is 0.539. The third-order valence-corrected chi connectivity index (χ3v) is 2.47. The fourth-order valence-corrected chi connectivity index (χ4v) is 1.60. The topological polar surface area (TPSA) is 39.2 Å². The van der Waals surface area contributed by atoms with Crippen molar-refractivity contribution in [3.05, 3.63) is 23.4 Å². The highest BCUT2D eigenvalue weighted by atomic mass is 16.5. The van der Waals surface area contributed by atoms with E-state index in [2.05, 4.69) is 18.8 Å². The summed E-state index contributed by atoms with van der Waals surface area (Å²) < 4.78 is 5.62. The molecule has 1 atom stereocenters. The van der Waals surface area contributed by atoms with E-state index in [1.165, 1.54) is 6.42 Å². The van der Waals surface area contributed by atoms with E-state index in [1.54, 1.807) is 12.3 Å². The van der Waals surface area contributed by atoms with Crippen LogP contribution in [0.15, 0.2) is 12.3 Å². The molecule has 1 aromatic heterocycles. The summed E-state index contributed by atoms with van der Waals surface area (Å²) in [5, 5.41) is 0. The second-order valence-electron chi connectivity index (χ2n) is 4.21. The van der Waals surface area contributed by atoms with Crippen molar-refractivity contribution in [3.63, 3.8) is 0 Å². The van der Waals surface area contributed by atoms with Crippen molar-refractivity contribution in [2.24, 2.45) is 5.92 Å². The zero-order valence-corrected chi connectivity index (χ0v) is 10.2. The van der Waals surface area contributed by atoms with E-state index in [0.29, 0.717) is 24.0 Å². The van der Waals surface area contributed by atoms with Gasteiger partial charge in [0.1, 0.15) is 0 Å². The van der Waals surface area contributed by atoms with Crippen LogP contribution in [0.2, 0.25) is 0 Å². The van der Waals surface area contributed by atoms with Crippen LogP contribution in [0.3, 0.4) is 0 Å². The molecule has 0 aromatic carbocycles. The van der Waals surface area contributed by atoms with Crippen LogP contribution in [0.1, 0.15) is 42.6 Å². The molecule has 0 saturated heterocycles. The highest BCUT2D eigenvalue weighted by molar-refractivity contribution is 5.74. The first-order chi connectivity index (χ1) is 7.67. The van der Waals surface area contributed by atoms with Crippen molar-refractivity contribution in [1.82, 2.24) is 4.98 Å². The van der Waals surface area contributed by atoms with Crippen molar-refractivity contribution in [2.75, 3.05) is 6.61 Å². The summed E-state index contributed by atoms with van der Waals surface area (Å²) in [5.41, 5.74) is 1.50. The van der Waals surface area contributed by atoms with Crippen molar-refractivity contribution < 1.29 is 9.53 Å². The zero-order chi connectivity index (χ0) is 12.0. The first kappa shape index (κ1) is 12.7. The molecule has 16 heavy (non-hydrogen) atoms. The predicted octanol–water partition coefficient (Wildman–Crippen LogP) is 3.02. The number of aryl methyl sites for hydroxylation is 1. The van der Waals surface area contributed by atoms with Gasteiger partial charge in [0.25, 0.3) is 0 Å². The minimum Gasteiger partial charge on any atom is -0.477 e. The van der Waals surface area contributed by atoms with E-state index < -0.39 is 0 Å². The molecule has 0 fully saturated rings. The van der Waals surface area contributed by atoms with Gasteiger partial charge in [0.2, 0.25) is 5.88 Å². The Labute approximate surface area is 96.8 Å². The summed E-state index contributed by atoms with van der Waals surface area (Å²) in [7, 11) is 0. The quantitative estimate of drug-likeness (QED) is 0.693. The summed E-state index contributed by atoms with van der Waals surface area (Å²) in [6, 6.07) is 1.79. The normalized spacial score (nSPS) is 12.2. The molecule has 0 aliphatic carbocycles. The third-order valence-electron chi connectivity index (χ3n) is 2.47. The Kier molecular flexibility index (Phi) is 4.96. The van der Waals surface area contributed by atoms with Crippen molar-refractivity contribution in [1.29, 1.82) is 0 Å². The average molecular weight is 221 g/mol. The van der Waals surface area contributed by atoms with Gasteiger partial charge in [0.05, 0.1) is 6.61 Å². The minimum absolute atomic E-state index is 0.539. The summed E-state index contributed by atoms with van der Waals surface area (Å²) in [6.07, 6.45) is 4.66. The lowest BCUT2D eigenvalue weighted by Crippen LogP contribution is -2.09. The molecule has 1 aromatic rings. The molecule has 3 heteroatoms. The lowest BCUT2D eigenvalue weighted by molar-refractivity contribution is 0.112. The van der Waals surface area contributed by atoms with Crippen LogP contribution in [0.4, 0.5) is 0 Å². The second kappa shape index (κ2) is 6.26. The van der Waals surface area contributed by atoms with Crippen molar-refractivity contribution in [2.45, 2.75) is 33.6 Å². The van der Waals surface area contributed by atoms with E-state index in [-0.39, 0.29) is 0 Å². The number of aldehydes is 1. The van der Waals surface area contributed by atoms with Gasteiger partial charge in [-0.15, -0.1) is 0 Å². The maximum Gasteiger partial charge on any atom is 0.216 e. The van der Waals surface area contributed by atoms with Crippen LogP contribution in [0.5, 0.6) is 5.88 Å². The highest BCUT2D eigenvalue weighted by Gasteiger charge is 2.06. The molecule has 0 N–H and O–H groups in total. The van der Waals surface area contributed by atoms with Crippen LogP contribution in [-0.4, -0.2) is 17.9 Å². The summed E-state index contributed by atoms with van der Waals surface area (Å²) in [5.74, 6) is 1.17.